The molecule has 25 heavy (non-hydrogen) atoms. The van der Waals surface area contributed by atoms with Crippen molar-refractivity contribution in [3.63, 3.8) is 0 Å². The molecule has 1 heterocycles. The number of aromatic nitrogens is 2. The summed E-state index contributed by atoms with van der Waals surface area (Å²) in [6.45, 7) is 3.93. The Morgan fingerprint density at radius 3 is 2.32 bits per heavy atom. The quantitative estimate of drug-likeness (QED) is 0.844. The molecule has 1 aliphatic carbocycles. The third kappa shape index (κ3) is 4.07. The predicted octanol–water partition coefficient (Wildman–Crippen LogP) is 2.83. The molecule has 3 rings (SSSR count). The lowest BCUT2D eigenvalue weighted by atomic mass is 9.89. The van der Waals surface area contributed by atoms with Crippen molar-refractivity contribution in [2.24, 2.45) is 5.92 Å². The molecule has 1 aromatic heterocycles. The van der Waals surface area contributed by atoms with Crippen LogP contribution in [-0.2, 0) is 4.79 Å². The SMILES string of the molecule is Cc1cc(C)n(-c2ccc(C(=O)NNC(=O)C3CCCCC3)cc2)n1. The van der Waals surface area contributed by atoms with Crippen molar-refractivity contribution in [3.8, 4) is 5.69 Å². The monoisotopic (exact) mass is 340 g/mol. The van der Waals surface area contributed by atoms with Crippen molar-refractivity contribution >= 4 is 11.8 Å². The number of carbonyl (C=O) groups excluding carboxylic acids is 2. The lowest BCUT2D eigenvalue weighted by molar-refractivity contribution is -0.126. The van der Waals surface area contributed by atoms with Crippen molar-refractivity contribution in [2.45, 2.75) is 46.0 Å². The second kappa shape index (κ2) is 7.51. The van der Waals surface area contributed by atoms with E-state index in [1.807, 2.05) is 36.7 Å². The number of amides is 2. The van der Waals surface area contributed by atoms with E-state index in [-0.39, 0.29) is 17.7 Å². The maximum atomic E-state index is 12.2. The second-order valence-corrected chi connectivity index (χ2v) is 6.66. The number of nitrogens with one attached hydrogen (secondary N) is 2. The molecule has 0 saturated heterocycles. The number of rotatable bonds is 3. The first kappa shape index (κ1) is 17.2. The molecule has 0 spiro atoms. The molecule has 6 nitrogen and oxygen atoms in total. The third-order valence-electron chi connectivity index (χ3n) is 4.66. The summed E-state index contributed by atoms with van der Waals surface area (Å²) in [5, 5.41) is 4.43. The van der Waals surface area contributed by atoms with Gasteiger partial charge < -0.3 is 0 Å². The first-order valence-electron chi connectivity index (χ1n) is 8.78. The van der Waals surface area contributed by atoms with E-state index in [0.29, 0.717) is 5.56 Å². The summed E-state index contributed by atoms with van der Waals surface area (Å²) in [7, 11) is 0. The fourth-order valence-electron chi connectivity index (χ4n) is 3.30. The van der Waals surface area contributed by atoms with E-state index in [1.54, 1.807) is 12.1 Å². The number of hydrogen-bond donors (Lipinski definition) is 2. The highest BCUT2D eigenvalue weighted by Gasteiger charge is 2.21. The van der Waals surface area contributed by atoms with Crippen molar-refractivity contribution in [1.82, 2.24) is 20.6 Å². The van der Waals surface area contributed by atoms with Gasteiger partial charge >= 0.3 is 0 Å². The minimum atomic E-state index is -0.316. The summed E-state index contributed by atoms with van der Waals surface area (Å²) >= 11 is 0. The smallest absolute Gasteiger partial charge is 0.269 e. The van der Waals surface area contributed by atoms with Crippen LogP contribution in [0.4, 0.5) is 0 Å². The molecule has 0 unspecified atom stereocenters. The molecular formula is C19H24N4O2. The van der Waals surface area contributed by atoms with Crippen molar-refractivity contribution in [1.29, 1.82) is 0 Å². The van der Waals surface area contributed by atoms with E-state index in [9.17, 15) is 9.59 Å². The first-order chi connectivity index (χ1) is 12.0. The molecule has 2 N–H and O–H groups in total. The molecule has 132 valence electrons. The normalized spacial score (nSPS) is 15.0. The zero-order chi connectivity index (χ0) is 17.8. The highest BCUT2D eigenvalue weighted by Crippen LogP contribution is 2.23. The van der Waals surface area contributed by atoms with E-state index in [4.69, 9.17) is 0 Å². The highest BCUT2D eigenvalue weighted by molar-refractivity contribution is 5.95. The number of hydrogen-bond acceptors (Lipinski definition) is 3. The van der Waals surface area contributed by atoms with Crippen LogP contribution in [0, 0.1) is 19.8 Å². The Morgan fingerprint density at radius 2 is 1.72 bits per heavy atom. The number of nitrogens with zero attached hydrogens (tertiary/aromatic N) is 2. The van der Waals surface area contributed by atoms with Gasteiger partial charge in [-0.05, 0) is 57.0 Å². The van der Waals surface area contributed by atoms with E-state index in [0.717, 1.165) is 42.8 Å². The van der Waals surface area contributed by atoms with Crippen LogP contribution in [-0.4, -0.2) is 21.6 Å². The lowest BCUT2D eigenvalue weighted by Gasteiger charge is -2.20. The first-order valence-corrected chi connectivity index (χ1v) is 8.78. The Bertz CT molecular complexity index is 758. The van der Waals surface area contributed by atoms with Gasteiger partial charge in [0, 0.05) is 17.2 Å². The summed E-state index contributed by atoms with van der Waals surface area (Å²) in [6.07, 6.45) is 5.16. The predicted molar refractivity (Wildman–Crippen MR) is 95.2 cm³/mol. The molecule has 0 aliphatic heterocycles. The maximum absolute atomic E-state index is 12.2. The maximum Gasteiger partial charge on any atom is 0.269 e. The fraction of sp³-hybridized carbons (Fsp3) is 0.421. The van der Waals surface area contributed by atoms with Crippen LogP contribution in [0.2, 0.25) is 0 Å². The molecule has 2 aromatic rings. The number of aryl methyl sites for hydroxylation is 2. The Morgan fingerprint density at radius 1 is 1.04 bits per heavy atom. The minimum absolute atomic E-state index is 0.0162. The van der Waals surface area contributed by atoms with E-state index >= 15 is 0 Å². The van der Waals surface area contributed by atoms with E-state index < -0.39 is 0 Å². The fourth-order valence-corrected chi connectivity index (χ4v) is 3.30. The molecule has 1 aliphatic rings. The van der Waals surface area contributed by atoms with Gasteiger partial charge in [-0.2, -0.15) is 5.10 Å². The number of hydrazine groups is 1. The highest BCUT2D eigenvalue weighted by atomic mass is 16.2. The Kier molecular flexibility index (Phi) is 5.16. The van der Waals surface area contributed by atoms with Gasteiger partial charge in [-0.1, -0.05) is 19.3 Å². The van der Waals surface area contributed by atoms with Gasteiger partial charge in [0.15, 0.2) is 0 Å². The van der Waals surface area contributed by atoms with Crippen LogP contribution < -0.4 is 10.9 Å². The van der Waals surface area contributed by atoms with Gasteiger partial charge in [-0.3, -0.25) is 20.4 Å². The topological polar surface area (TPSA) is 76.0 Å². The molecule has 1 fully saturated rings. The van der Waals surface area contributed by atoms with Crippen LogP contribution in [0.5, 0.6) is 0 Å². The van der Waals surface area contributed by atoms with Crippen molar-refractivity contribution in [3.05, 3.63) is 47.3 Å². The van der Waals surface area contributed by atoms with Gasteiger partial charge in [0.1, 0.15) is 0 Å². The van der Waals surface area contributed by atoms with Gasteiger partial charge in [-0.15, -0.1) is 0 Å². The van der Waals surface area contributed by atoms with Gasteiger partial charge in [0.2, 0.25) is 5.91 Å². The largest absolute Gasteiger partial charge is 0.273 e. The van der Waals surface area contributed by atoms with Gasteiger partial charge in [-0.25, -0.2) is 4.68 Å². The van der Waals surface area contributed by atoms with Crippen LogP contribution in [0.3, 0.4) is 0 Å². The van der Waals surface area contributed by atoms with Gasteiger partial charge in [0.05, 0.1) is 11.4 Å². The van der Waals surface area contributed by atoms with Crippen LogP contribution in [0.15, 0.2) is 30.3 Å². The Hall–Kier alpha value is -2.63. The molecule has 1 saturated carbocycles. The minimum Gasteiger partial charge on any atom is -0.273 e. The Balaban J connectivity index is 1.59. The summed E-state index contributed by atoms with van der Waals surface area (Å²) < 4.78 is 1.84. The molecule has 0 radical (unpaired) electrons. The lowest BCUT2D eigenvalue weighted by Crippen LogP contribution is -2.44. The summed E-state index contributed by atoms with van der Waals surface area (Å²) in [6, 6.07) is 9.15. The van der Waals surface area contributed by atoms with Crippen molar-refractivity contribution < 1.29 is 9.59 Å². The standard InChI is InChI=1S/C19H24N4O2/c1-13-12-14(2)23(22-13)17-10-8-16(9-11-17)19(25)21-20-18(24)15-6-4-3-5-7-15/h8-12,15H,3-7H2,1-2H3,(H,20,24)(H,21,25). The Labute approximate surface area is 147 Å². The average Bonchev–Trinajstić information content (AvgIpc) is 2.98. The van der Waals surface area contributed by atoms with E-state index in [2.05, 4.69) is 16.0 Å². The average molecular weight is 340 g/mol. The van der Waals surface area contributed by atoms with Crippen LogP contribution in [0.1, 0.15) is 53.8 Å². The molecule has 2 amide bonds. The van der Waals surface area contributed by atoms with E-state index in [1.165, 1.54) is 6.42 Å². The summed E-state index contributed by atoms with van der Waals surface area (Å²) in [5.74, 6) is -0.390. The molecule has 0 atom stereocenters. The van der Waals surface area contributed by atoms with Crippen molar-refractivity contribution in [2.75, 3.05) is 0 Å². The molecule has 0 bridgehead atoms. The summed E-state index contributed by atoms with van der Waals surface area (Å²) in [4.78, 5) is 24.3. The zero-order valence-corrected chi connectivity index (χ0v) is 14.7. The van der Waals surface area contributed by atoms with Crippen LogP contribution in [0.25, 0.3) is 5.69 Å². The summed E-state index contributed by atoms with van der Waals surface area (Å²) in [5.41, 5.74) is 8.44. The number of carbonyl (C=O) groups is 2. The number of benzene rings is 1. The van der Waals surface area contributed by atoms with Gasteiger partial charge in [0.25, 0.3) is 5.91 Å². The zero-order valence-electron chi connectivity index (χ0n) is 14.7. The van der Waals surface area contributed by atoms with Crippen LogP contribution >= 0.6 is 0 Å². The second-order valence-electron chi connectivity index (χ2n) is 6.66. The third-order valence-corrected chi connectivity index (χ3v) is 4.66. The molecule has 1 aromatic carbocycles. The molecule has 6 heteroatoms. The molecular weight excluding hydrogens is 316 g/mol.